The van der Waals surface area contributed by atoms with Gasteiger partial charge in [-0.15, -0.1) is 5.10 Å². The number of hydrogen-bond donors (Lipinski definition) is 1. The molecule has 152 valence electrons. The first-order valence-electron chi connectivity index (χ1n) is 9.74. The minimum Gasteiger partial charge on any atom is -0.309 e. The number of para-hydroxylation sites is 1. The van der Waals surface area contributed by atoms with Gasteiger partial charge in [-0.25, -0.2) is 14.2 Å². The van der Waals surface area contributed by atoms with Crippen LogP contribution >= 0.6 is 0 Å². The second-order valence-corrected chi connectivity index (χ2v) is 6.95. The molecule has 0 spiro atoms. The van der Waals surface area contributed by atoms with E-state index in [1.807, 2.05) is 66.7 Å². The first kappa shape index (κ1) is 18.6. The number of fused-ring (bicyclic) bond motifs is 1. The largest absolute Gasteiger partial charge is 0.350 e. The summed E-state index contributed by atoms with van der Waals surface area (Å²) >= 11 is 0. The monoisotopic (exact) mass is 410 g/mol. The van der Waals surface area contributed by atoms with Gasteiger partial charge in [-0.2, -0.15) is 5.10 Å². The normalized spacial score (nSPS) is 11.0. The van der Waals surface area contributed by atoms with Gasteiger partial charge in [0.15, 0.2) is 5.65 Å². The van der Waals surface area contributed by atoms with Crippen molar-refractivity contribution in [2.45, 2.75) is 6.54 Å². The van der Waals surface area contributed by atoms with Crippen LogP contribution in [-0.2, 0) is 11.3 Å². The van der Waals surface area contributed by atoms with Crippen LogP contribution in [0.3, 0.4) is 0 Å². The van der Waals surface area contributed by atoms with E-state index in [-0.39, 0.29) is 18.1 Å². The Hall–Kier alpha value is -4.46. The molecule has 0 fully saturated rings. The van der Waals surface area contributed by atoms with Gasteiger partial charge in [0.25, 0.3) is 0 Å². The van der Waals surface area contributed by atoms with Crippen molar-refractivity contribution in [2.75, 3.05) is 5.32 Å². The van der Waals surface area contributed by atoms with Crippen molar-refractivity contribution in [3.8, 4) is 16.9 Å². The van der Waals surface area contributed by atoms with E-state index < -0.39 is 0 Å². The minimum atomic E-state index is -0.373. The van der Waals surface area contributed by atoms with E-state index in [1.165, 1.54) is 4.40 Å². The smallest absolute Gasteiger partial charge is 0.309 e. The lowest BCUT2D eigenvalue weighted by Gasteiger charge is -2.08. The Kier molecular flexibility index (Phi) is 4.64. The zero-order valence-electron chi connectivity index (χ0n) is 16.4. The average Bonchev–Trinajstić information content (AvgIpc) is 3.36. The van der Waals surface area contributed by atoms with Crippen LogP contribution in [0.1, 0.15) is 0 Å². The molecular weight excluding hydrogens is 392 g/mol. The molecule has 0 saturated carbocycles. The molecule has 1 amide bonds. The molecule has 0 radical (unpaired) electrons. The molecule has 5 aromatic rings. The second-order valence-electron chi connectivity index (χ2n) is 6.95. The number of aromatic nitrogens is 5. The Morgan fingerprint density at radius 3 is 2.32 bits per heavy atom. The third-order valence-corrected chi connectivity index (χ3v) is 4.83. The molecule has 31 heavy (non-hydrogen) atoms. The van der Waals surface area contributed by atoms with E-state index in [0.717, 1.165) is 21.6 Å². The van der Waals surface area contributed by atoms with Gasteiger partial charge in [-0.05, 0) is 24.3 Å². The standard InChI is InChI=1S/C23H18N6O2/c30-22(16-28-23(31)27-14-8-7-13-20(27)26-28)24-21-15-19(17-9-3-1-4-10-17)25-29(21)18-11-5-2-6-12-18/h1-15H,16H2,(H,24,30). The van der Waals surface area contributed by atoms with Gasteiger partial charge in [0, 0.05) is 17.8 Å². The van der Waals surface area contributed by atoms with Gasteiger partial charge >= 0.3 is 5.69 Å². The summed E-state index contributed by atoms with van der Waals surface area (Å²) < 4.78 is 4.22. The highest BCUT2D eigenvalue weighted by Crippen LogP contribution is 2.24. The number of carbonyl (C=O) groups excluding carboxylic acids is 1. The van der Waals surface area contributed by atoms with Crippen molar-refractivity contribution in [3.63, 3.8) is 0 Å². The molecule has 0 saturated heterocycles. The van der Waals surface area contributed by atoms with E-state index >= 15 is 0 Å². The third kappa shape index (κ3) is 3.62. The predicted octanol–water partition coefficient (Wildman–Crippen LogP) is 2.99. The number of amides is 1. The Labute approximate surface area is 177 Å². The molecule has 3 aromatic heterocycles. The molecule has 8 heteroatoms. The van der Waals surface area contributed by atoms with Crippen molar-refractivity contribution < 1.29 is 4.79 Å². The van der Waals surface area contributed by atoms with Gasteiger partial charge in [-0.3, -0.25) is 9.20 Å². The first-order chi connectivity index (χ1) is 15.2. The van der Waals surface area contributed by atoms with E-state index in [0.29, 0.717) is 11.5 Å². The number of rotatable bonds is 5. The SMILES string of the molecule is O=C(Cn1nc2ccccn2c1=O)Nc1cc(-c2ccccc2)nn1-c1ccccc1. The lowest BCUT2D eigenvalue weighted by molar-refractivity contribution is -0.117. The number of nitrogens with one attached hydrogen (secondary N) is 1. The fourth-order valence-corrected chi connectivity index (χ4v) is 3.38. The maximum absolute atomic E-state index is 12.8. The highest BCUT2D eigenvalue weighted by molar-refractivity contribution is 5.90. The molecule has 0 aliphatic heterocycles. The average molecular weight is 410 g/mol. The van der Waals surface area contributed by atoms with Crippen LogP contribution in [0.5, 0.6) is 0 Å². The molecular formula is C23H18N6O2. The highest BCUT2D eigenvalue weighted by atomic mass is 16.2. The summed E-state index contributed by atoms with van der Waals surface area (Å²) in [5.74, 6) is 0.133. The quantitative estimate of drug-likeness (QED) is 0.483. The zero-order chi connectivity index (χ0) is 21.2. The molecule has 0 aliphatic rings. The summed E-state index contributed by atoms with van der Waals surface area (Å²) in [6, 6.07) is 26.3. The van der Waals surface area contributed by atoms with E-state index in [4.69, 9.17) is 0 Å². The summed E-state index contributed by atoms with van der Waals surface area (Å²) in [6.45, 7) is -0.207. The van der Waals surface area contributed by atoms with Crippen molar-refractivity contribution in [3.05, 3.63) is 102 Å². The fourth-order valence-electron chi connectivity index (χ4n) is 3.38. The van der Waals surface area contributed by atoms with Crippen molar-refractivity contribution >= 4 is 17.4 Å². The predicted molar refractivity (Wildman–Crippen MR) is 117 cm³/mol. The number of hydrogen-bond acceptors (Lipinski definition) is 4. The zero-order valence-corrected chi connectivity index (χ0v) is 16.4. The van der Waals surface area contributed by atoms with Gasteiger partial charge < -0.3 is 5.32 Å². The summed E-state index contributed by atoms with van der Waals surface area (Å²) in [4.78, 5) is 25.2. The molecule has 3 heterocycles. The summed E-state index contributed by atoms with van der Waals surface area (Å²) in [7, 11) is 0. The first-order valence-corrected chi connectivity index (χ1v) is 9.74. The van der Waals surface area contributed by atoms with Gasteiger partial charge in [0.05, 0.1) is 11.4 Å². The molecule has 2 aromatic carbocycles. The Morgan fingerprint density at radius 1 is 0.871 bits per heavy atom. The fraction of sp³-hybridized carbons (Fsp3) is 0.0435. The van der Waals surface area contributed by atoms with Crippen molar-refractivity contribution in [1.29, 1.82) is 0 Å². The summed E-state index contributed by atoms with van der Waals surface area (Å²) in [5.41, 5.74) is 2.59. The van der Waals surface area contributed by atoms with Crippen LogP contribution in [0.25, 0.3) is 22.6 Å². The van der Waals surface area contributed by atoms with Crippen LogP contribution in [0, 0.1) is 0 Å². The lowest BCUT2D eigenvalue weighted by atomic mass is 10.2. The van der Waals surface area contributed by atoms with Gasteiger partial charge in [0.2, 0.25) is 5.91 Å². The Balaban J connectivity index is 1.47. The molecule has 1 N–H and O–H groups in total. The molecule has 5 rings (SSSR count). The topological polar surface area (TPSA) is 86.2 Å². The van der Waals surface area contributed by atoms with Crippen molar-refractivity contribution in [1.82, 2.24) is 24.0 Å². The number of anilines is 1. The molecule has 8 nitrogen and oxygen atoms in total. The number of pyridine rings is 1. The lowest BCUT2D eigenvalue weighted by Crippen LogP contribution is -2.28. The number of carbonyl (C=O) groups is 1. The van der Waals surface area contributed by atoms with Gasteiger partial charge in [0.1, 0.15) is 12.4 Å². The molecule has 0 atom stereocenters. The number of benzene rings is 2. The van der Waals surface area contributed by atoms with Crippen LogP contribution < -0.4 is 11.0 Å². The third-order valence-electron chi connectivity index (χ3n) is 4.83. The van der Waals surface area contributed by atoms with E-state index in [2.05, 4.69) is 15.5 Å². The Morgan fingerprint density at radius 2 is 1.58 bits per heavy atom. The molecule has 0 unspecified atom stereocenters. The van der Waals surface area contributed by atoms with E-state index in [1.54, 1.807) is 29.1 Å². The second kappa shape index (κ2) is 7.75. The summed E-state index contributed by atoms with van der Waals surface area (Å²) in [5, 5.41) is 11.8. The van der Waals surface area contributed by atoms with E-state index in [9.17, 15) is 9.59 Å². The summed E-state index contributed by atoms with van der Waals surface area (Å²) in [6.07, 6.45) is 1.62. The highest BCUT2D eigenvalue weighted by Gasteiger charge is 2.16. The van der Waals surface area contributed by atoms with Gasteiger partial charge in [-0.1, -0.05) is 54.6 Å². The van der Waals surface area contributed by atoms with Crippen LogP contribution in [0.4, 0.5) is 5.82 Å². The van der Waals surface area contributed by atoms with Crippen molar-refractivity contribution in [2.24, 2.45) is 0 Å². The molecule has 0 aliphatic carbocycles. The maximum atomic E-state index is 12.8. The molecule has 0 bridgehead atoms. The maximum Gasteiger partial charge on any atom is 0.350 e. The minimum absolute atomic E-state index is 0.207. The van der Waals surface area contributed by atoms with Crippen LogP contribution in [0.2, 0.25) is 0 Å². The van der Waals surface area contributed by atoms with Crippen LogP contribution in [-0.4, -0.2) is 29.9 Å². The van der Waals surface area contributed by atoms with Crippen LogP contribution in [0.15, 0.2) is 95.9 Å². The number of nitrogens with zero attached hydrogens (tertiary/aromatic N) is 5. The Bertz CT molecular complexity index is 1420.